The molecule has 4 heteroatoms. The standard InChI is InChI=1S/C12H12N2S2/c1-8-7-11(15)14-12(13-8)9-3-5-10(16-2)6-4-9/h3-7H,1-2H3,(H,13,14,15). The summed E-state index contributed by atoms with van der Waals surface area (Å²) in [4.78, 5) is 8.77. The third-order valence-corrected chi connectivity index (χ3v) is 3.19. The van der Waals surface area contributed by atoms with Crippen molar-refractivity contribution in [1.82, 2.24) is 9.97 Å². The average molecular weight is 248 g/mol. The normalized spacial score (nSPS) is 10.4. The van der Waals surface area contributed by atoms with Crippen molar-refractivity contribution in [2.24, 2.45) is 0 Å². The molecule has 1 heterocycles. The lowest BCUT2D eigenvalue weighted by Gasteiger charge is -2.03. The maximum atomic E-state index is 5.10. The van der Waals surface area contributed by atoms with Gasteiger partial charge in [-0.25, -0.2) is 4.98 Å². The number of thioether (sulfide) groups is 1. The summed E-state index contributed by atoms with van der Waals surface area (Å²) in [5.41, 5.74) is 2.09. The van der Waals surface area contributed by atoms with Gasteiger partial charge in [-0.05, 0) is 31.4 Å². The number of nitrogens with zero attached hydrogens (tertiary/aromatic N) is 1. The van der Waals surface area contributed by atoms with Crippen LogP contribution in [0.25, 0.3) is 11.4 Å². The molecule has 1 aromatic carbocycles. The van der Waals surface area contributed by atoms with Gasteiger partial charge in [-0.3, -0.25) is 0 Å². The Balaban J connectivity index is 2.46. The van der Waals surface area contributed by atoms with E-state index in [1.54, 1.807) is 11.8 Å². The van der Waals surface area contributed by atoms with Crippen molar-refractivity contribution in [3.63, 3.8) is 0 Å². The van der Waals surface area contributed by atoms with E-state index in [2.05, 4.69) is 40.5 Å². The molecule has 2 rings (SSSR count). The highest BCUT2D eigenvalue weighted by Crippen LogP contribution is 2.20. The molecular weight excluding hydrogens is 236 g/mol. The van der Waals surface area contributed by atoms with Gasteiger partial charge in [0.15, 0.2) is 0 Å². The monoisotopic (exact) mass is 248 g/mol. The highest BCUT2D eigenvalue weighted by molar-refractivity contribution is 7.98. The molecule has 0 saturated carbocycles. The van der Waals surface area contributed by atoms with Gasteiger partial charge < -0.3 is 4.98 Å². The van der Waals surface area contributed by atoms with Gasteiger partial charge in [0.2, 0.25) is 0 Å². The second kappa shape index (κ2) is 4.80. The molecule has 0 radical (unpaired) electrons. The maximum absolute atomic E-state index is 5.10. The summed E-state index contributed by atoms with van der Waals surface area (Å²) in [5.74, 6) is 0.831. The van der Waals surface area contributed by atoms with Crippen LogP contribution in [0.4, 0.5) is 0 Å². The molecule has 82 valence electrons. The van der Waals surface area contributed by atoms with E-state index in [9.17, 15) is 0 Å². The predicted molar refractivity (Wildman–Crippen MR) is 71.4 cm³/mol. The van der Waals surface area contributed by atoms with E-state index >= 15 is 0 Å². The minimum absolute atomic E-state index is 0.625. The molecule has 2 aromatic rings. The van der Waals surface area contributed by atoms with Crippen molar-refractivity contribution in [3.05, 3.63) is 40.7 Å². The van der Waals surface area contributed by atoms with E-state index in [1.165, 1.54) is 4.90 Å². The van der Waals surface area contributed by atoms with Crippen molar-refractivity contribution < 1.29 is 0 Å². The SMILES string of the molecule is CSc1ccc(-c2nc(=S)cc(C)[nH]2)cc1. The fourth-order valence-electron chi connectivity index (χ4n) is 1.46. The Kier molecular flexibility index (Phi) is 3.41. The van der Waals surface area contributed by atoms with Crippen LogP contribution in [0.3, 0.4) is 0 Å². The van der Waals surface area contributed by atoms with Gasteiger partial charge in [-0.15, -0.1) is 11.8 Å². The van der Waals surface area contributed by atoms with Crippen LogP contribution in [-0.4, -0.2) is 16.2 Å². The summed E-state index contributed by atoms with van der Waals surface area (Å²) in [6, 6.07) is 10.1. The Hall–Kier alpha value is -1.13. The number of hydrogen-bond donors (Lipinski definition) is 1. The highest BCUT2D eigenvalue weighted by Gasteiger charge is 2.00. The van der Waals surface area contributed by atoms with E-state index in [4.69, 9.17) is 12.2 Å². The van der Waals surface area contributed by atoms with Crippen LogP contribution in [0, 0.1) is 11.6 Å². The molecule has 0 aliphatic rings. The number of rotatable bonds is 2. The van der Waals surface area contributed by atoms with Crippen LogP contribution >= 0.6 is 24.0 Å². The van der Waals surface area contributed by atoms with Gasteiger partial charge in [0.1, 0.15) is 10.5 Å². The first kappa shape index (κ1) is 11.4. The Morgan fingerprint density at radius 2 is 1.94 bits per heavy atom. The summed E-state index contributed by atoms with van der Waals surface area (Å²) in [5, 5.41) is 0. The number of H-pyrrole nitrogens is 1. The molecule has 0 bridgehead atoms. The van der Waals surface area contributed by atoms with Crippen LogP contribution in [-0.2, 0) is 0 Å². The molecule has 1 aromatic heterocycles. The van der Waals surface area contributed by atoms with Gasteiger partial charge >= 0.3 is 0 Å². The molecule has 16 heavy (non-hydrogen) atoms. The van der Waals surface area contributed by atoms with E-state index in [-0.39, 0.29) is 0 Å². The van der Waals surface area contributed by atoms with Crippen LogP contribution in [0.2, 0.25) is 0 Å². The first-order valence-corrected chi connectivity index (χ1v) is 6.55. The minimum Gasteiger partial charge on any atom is -0.343 e. The Bertz CT molecular complexity index is 544. The maximum Gasteiger partial charge on any atom is 0.139 e. The van der Waals surface area contributed by atoms with Gasteiger partial charge in [0, 0.05) is 16.2 Å². The molecular formula is C12H12N2S2. The Labute approximate surface area is 104 Å². The smallest absolute Gasteiger partial charge is 0.139 e. The predicted octanol–water partition coefficient (Wildman–Crippen LogP) is 3.84. The zero-order valence-corrected chi connectivity index (χ0v) is 10.8. The third-order valence-electron chi connectivity index (χ3n) is 2.24. The van der Waals surface area contributed by atoms with E-state index < -0.39 is 0 Å². The van der Waals surface area contributed by atoms with Crippen molar-refractivity contribution >= 4 is 24.0 Å². The van der Waals surface area contributed by atoms with Crippen molar-refractivity contribution in [1.29, 1.82) is 0 Å². The number of benzene rings is 1. The largest absolute Gasteiger partial charge is 0.343 e. The van der Waals surface area contributed by atoms with Crippen LogP contribution in [0.15, 0.2) is 35.2 Å². The lowest BCUT2D eigenvalue weighted by molar-refractivity contribution is 1.10. The van der Waals surface area contributed by atoms with Crippen LogP contribution in [0.1, 0.15) is 5.69 Å². The lowest BCUT2D eigenvalue weighted by atomic mass is 10.2. The molecule has 0 spiro atoms. The molecule has 2 nitrogen and oxygen atoms in total. The van der Waals surface area contributed by atoms with E-state index in [0.29, 0.717) is 4.64 Å². The first-order chi connectivity index (χ1) is 7.69. The molecule has 0 aliphatic carbocycles. The van der Waals surface area contributed by atoms with Crippen molar-refractivity contribution in [2.75, 3.05) is 6.26 Å². The second-order valence-electron chi connectivity index (χ2n) is 3.48. The third kappa shape index (κ3) is 2.51. The van der Waals surface area contributed by atoms with Crippen LogP contribution < -0.4 is 0 Å². The molecule has 0 atom stereocenters. The fourth-order valence-corrected chi connectivity index (χ4v) is 2.14. The zero-order valence-electron chi connectivity index (χ0n) is 9.15. The topological polar surface area (TPSA) is 28.7 Å². The minimum atomic E-state index is 0.625. The van der Waals surface area contributed by atoms with Gasteiger partial charge in [-0.2, -0.15) is 0 Å². The van der Waals surface area contributed by atoms with Gasteiger partial charge in [0.25, 0.3) is 0 Å². The zero-order chi connectivity index (χ0) is 11.5. The quantitative estimate of drug-likeness (QED) is 0.646. The van der Waals surface area contributed by atoms with Gasteiger partial charge in [-0.1, -0.05) is 24.4 Å². The number of aromatic nitrogens is 2. The number of nitrogens with one attached hydrogen (secondary N) is 1. The summed E-state index contributed by atoms with van der Waals surface area (Å²) in [7, 11) is 0. The molecule has 0 fully saturated rings. The molecule has 1 N–H and O–H groups in total. The molecule has 0 amide bonds. The summed E-state index contributed by atoms with van der Waals surface area (Å²) >= 11 is 6.83. The highest BCUT2D eigenvalue weighted by atomic mass is 32.2. The van der Waals surface area contributed by atoms with Crippen molar-refractivity contribution in [2.45, 2.75) is 11.8 Å². The fraction of sp³-hybridized carbons (Fsp3) is 0.167. The molecule has 0 aliphatic heterocycles. The molecule has 0 saturated heterocycles. The number of aromatic amines is 1. The second-order valence-corrected chi connectivity index (χ2v) is 4.78. The van der Waals surface area contributed by atoms with E-state index in [0.717, 1.165) is 17.1 Å². The Morgan fingerprint density at radius 1 is 1.25 bits per heavy atom. The van der Waals surface area contributed by atoms with E-state index in [1.807, 2.05) is 13.0 Å². The number of aryl methyl sites for hydroxylation is 1. The average Bonchev–Trinajstić information content (AvgIpc) is 2.28. The van der Waals surface area contributed by atoms with Crippen LogP contribution in [0.5, 0.6) is 0 Å². The Morgan fingerprint density at radius 3 is 2.50 bits per heavy atom. The summed E-state index contributed by atoms with van der Waals surface area (Å²) < 4.78 is 0.625. The summed E-state index contributed by atoms with van der Waals surface area (Å²) in [6.45, 7) is 1.98. The molecule has 0 unspecified atom stereocenters. The number of hydrogen-bond acceptors (Lipinski definition) is 3. The van der Waals surface area contributed by atoms with Gasteiger partial charge in [0.05, 0.1) is 0 Å². The van der Waals surface area contributed by atoms with Crippen molar-refractivity contribution in [3.8, 4) is 11.4 Å². The summed E-state index contributed by atoms with van der Waals surface area (Å²) in [6.07, 6.45) is 2.06. The lowest BCUT2D eigenvalue weighted by Crippen LogP contribution is -1.91. The first-order valence-electron chi connectivity index (χ1n) is 4.91.